The van der Waals surface area contributed by atoms with Crippen molar-refractivity contribution < 1.29 is 26.3 Å². The zero-order valence-electron chi connectivity index (χ0n) is 8.39. The average molecular weight is 282 g/mol. The van der Waals surface area contributed by atoms with E-state index in [-0.39, 0.29) is 0 Å². The van der Waals surface area contributed by atoms with Crippen molar-refractivity contribution in [1.82, 2.24) is 4.98 Å². The topological polar surface area (TPSA) is 132 Å². The van der Waals surface area contributed by atoms with E-state index in [9.17, 15) is 21.6 Å². The number of nitrogen functional groups attached to an aromatic ring is 1. The highest BCUT2D eigenvalue weighted by Gasteiger charge is 2.34. The Morgan fingerprint density at radius 2 is 2.00 bits per heavy atom. The monoisotopic (exact) mass is 282 g/mol. The van der Waals surface area contributed by atoms with Gasteiger partial charge in [0.1, 0.15) is 11.8 Å². The molecule has 1 heterocycles. The fraction of sp³-hybridized carbons (Fsp3) is 0.143. The molecule has 1 aromatic rings. The molecule has 0 saturated carbocycles. The van der Waals surface area contributed by atoms with Crippen molar-refractivity contribution in [1.29, 1.82) is 5.26 Å². The lowest BCUT2D eigenvalue weighted by Crippen LogP contribution is -2.21. The summed E-state index contributed by atoms with van der Waals surface area (Å²) in [5.74, 6) is -1.24. The van der Waals surface area contributed by atoms with Crippen LogP contribution in [-0.2, 0) is 10.0 Å². The fourth-order valence-corrected chi connectivity index (χ4v) is 1.43. The number of aromatic nitrogens is 1. The van der Waals surface area contributed by atoms with Crippen LogP contribution in [0.3, 0.4) is 0 Å². The molecule has 18 heavy (non-hydrogen) atoms. The second-order valence-electron chi connectivity index (χ2n) is 2.93. The molecule has 0 radical (unpaired) electrons. The zero-order valence-corrected chi connectivity index (χ0v) is 9.21. The number of alkyl halides is 3. The third-order valence-electron chi connectivity index (χ3n) is 1.62. The second-order valence-corrected chi connectivity index (χ2v) is 4.44. The SMILES string of the molecule is N#Cc1cc(S(N)(=O)=O)nc(OC(F)(F)F)c1N. The number of halogens is 3. The van der Waals surface area contributed by atoms with Gasteiger partial charge < -0.3 is 10.5 Å². The van der Waals surface area contributed by atoms with Crippen molar-refractivity contribution in [2.45, 2.75) is 11.4 Å². The van der Waals surface area contributed by atoms with Crippen LogP contribution in [0.2, 0.25) is 0 Å². The molecule has 4 N–H and O–H groups in total. The summed E-state index contributed by atoms with van der Waals surface area (Å²) in [5.41, 5.74) is 3.89. The maximum Gasteiger partial charge on any atom is 0.574 e. The van der Waals surface area contributed by atoms with E-state index in [2.05, 4.69) is 14.9 Å². The first kappa shape index (κ1) is 14.0. The molecule has 98 valence electrons. The number of nitriles is 1. The molecular formula is C7H5F3N4O3S. The Bertz CT molecular complexity index is 620. The van der Waals surface area contributed by atoms with Crippen LogP contribution in [0.15, 0.2) is 11.1 Å². The van der Waals surface area contributed by atoms with Crippen LogP contribution >= 0.6 is 0 Å². The summed E-state index contributed by atoms with van der Waals surface area (Å²) < 4.78 is 61.3. The summed E-state index contributed by atoms with van der Waals surface area (Å²) in [6.45, 7) is 0. The summed E-state index contributed by atoms with van der Waals surface area (Å²) in [6, 6.07) is 2.05. The molecule has 0 aliphatic rings. The van der Waals surface area contributed by atoms with Crippen LogP contribution in [0, 0.1) is 11.3 Å². The van der Waals surface area contributed by atoms with E-state index in [0.717, 1.165) is 0 Å². The van der Waals surface area contributed by atoms with Gasteiger partial charge in [-0.3, -0.25) is 0 Å². The number of hydrogen-bond donors (Lipinski definition) is 2. The molecule has 0 aliphatic heterocycles. The zero-order chi connectivity index (χ0) is 14.1. The molecule has 0 atom stereocenters. The molecule has 0 aliphatic carbocycles. The Morgan fingerprint density at radius 3 is 2.39 bits per heavy atom. The van der Waals surface area contributed by atoms with Gasteiger partial charge in [-0.2, -0.15) is 10.2 Å². The maximum atomic E-state index is 12.0. The Kier molecular flexibility index (Phi) is 3.36. The molecule has 1 aromatic heterocycles. The van der Waals surface area contributed by atoms with Gasteiger partial charge in [0.15, 0.2) is 5.03 Å². The minimum absolute atomic E-state index is 0.548. The molecule has 0 saturated heterocycles. The Morgan fingerprint density at radius 1 is 1.44 bits per heavy atom. The van der Waals surface area contributed by atoms with Crippen molar-refractivity contribution in [2.75, 3.05) is 5.73 Å². The van der Waals surface area contributed by atoms with Crippen molar-refractivity contribution in [3.63, 3.8) is 0 Å². The Hall–Kier alpha value is -2.06. The van der Waals surface area contributed by atoms with Crippen molar-refractivity contribution >= 4 is 15.7 Å². The van der Waals surface area contributed by atoms with Crippen LogP contribution in [0.1, 0.15) is 5.56 Å². The quantitative estimate of drug-likeness (QED) is 0.789. The predicted octanol–water partition coefficient (Wildman–Crippen LogP) is 0.0815. The number of nitrogens with zero attached hydrogens (tertiary/aromatic N) is 2. The Labute approximate surface area is 98.8 Å². The predicted molar refractivity (Wildman–Crippen MR) is 51.4 cm³/mol. The molecular weight excluding hydrogens is 277 g/mol. The first-order valence-electron chi connectivity index (χ1n) is 4.04. The number of primary sulfonamides is 1. The number of sulfonamides is 1. The highest BCUT2D eigenvalue weighted by atomic mass is 32.2. The number of nitrogens with two attached hydrogens (primary N) is 2. The summed E-state index contributed by atoms with van der Waals surface area (Å²) >= 11 is 0. The molecule has 0 fully saturated rings. The minimum Gasteiger partial charge on any atom is -0.393 e. The van der Waals surface area contributed by atoms with E-state index >= 15 is 0 Å². The van der Waals surface area contributed by atoms with Crippen LogP contribution in [0.4, 0.5) is 18.9 Å². The van der Waals surface area contributed by atoms with E-state index < -0.39 is 38.5 Å². The standard InChI is InChI=1S/C7H5F3N4O3S/c8-7(9,10)17-6-5(12)3(2-11)1-4(14-6)18(13,15)16/h1H,12H2,(H2,13,15,16). The van der Waals surface area contributed by atoms with E-state index in [0.29, 0.717) is 6.07 Å². The summed E-state index contributed by atoms with van der Waals surface area (Å²) in [7, 11) is -4.40. The van der Waals surface area contributed by atoms with Gasteiger partial charge in [0, 0.05) is 0 Å². The number of anilines is 1. The second kappa shape index (κ2) is 4.31. The molecule has 1 rings (SSSR count). The molecule has 0 spiro atoms. The van der Waals surface area contributed by atoms with Gasteiger partial charge in [-0.25, -0.2) is 13.6 Å². The van der Waals surface area contributed by atoms with Crippen LogP contribution in [-0.4, -0.2) is 19.8 Å². The summed E-state index contributed by atoms with van der Waals surface area (Å²) in [5, 5.41) is 12.3. The summed E-state index contributed by atoms with van der Waals surface area (Å²) in [6.07, 6.45) is -5.13. The van der Waals surface area contributed by atoms with Crippen molar-refractivity contribution in [3.05, 3.63) is 11.6 Å². The Balaban J connectivity index is 3.48. The van der Waals surface area contributed by atoms with Gasteiger partial charge in [-0.05, 0) is 6.07 Å². The van der Waals surface area contributed by atoms with Crippen molar-refractivity contribution in [3.8, 4) is 11.9 Å². The molecule has 0 bridgehead atoms. The first-order valence-corrected chi connectivity index (χ1v) is 5.58. The van der Waals surface area contributed by atoms with Crippen LogP contribution < -0.4 is 15.6 Å². The number of pyridine rings is 1. The smallest absolute Gasteiger partial charge is 0.393 e. The van der Waals surface area contributed by atoms with Gasteiger partial charge in [-0.1, -0.05) is 0 Å². The van der Waals surface area contributed by atoms with Crippen molar-refractivity contribution in [2.24, 2.45) is 5.14 Å². The lowest BCUT2D eigenvalue weighted by molar-refractivity contribution is -0.276. The van der Waals surface area contributed by atoms with Gasteiger partial charge >= 0.3 is 6.36 Å². The summed E-state index contributed by atoms with van der Waals surface area (Å²) in [4.78, 5) is 3.01. The molecule has 0 aromatic carbocycles. The van der Waals surface area contributed by atoms with E-state index in [1.54, 1.807) is 0 Å². The molecule has 0 unspecified atom stereocenters. The van der Waals surface area contributed by atoms with Crippen LogP contribution in [0.25, 0.3) is 0 Å². The number of ether oxygens (including phenoxy) is 1. The fourth-order valence-electron chi connectivity index (χ4n) is 0.935. The lowest BCUT2D eigenvalue weighted by Gasteiger charge is -2.11. The van der Waals surface area contributed by atoms with Gasteiger partial charge in [0.05, 0.1) is 5.56 Å². The van der Waals surface area contributed by atoms with E-state index in [1.165, 1.54) is 6.07 Å². The lowest BCUT2D eigenvalue weighted by atomic mass is 10.2. The molecule has 11 heteroatoms. The van der Waals surface area contributed by atoms with Gasteiger partial charge in [-0.15, -0.1) is 13.2 Å². The normalized spacial score (nSPS) is 11.9. The van der Waals surface area contributed by atoms with E-state index in [1.807, 2.05) is 0 Å². The van der Waals surface area contributed by atoms with Crippen LogP contribution in [0.5, 0.6) is 5.88 Å². The largest absolute Gasteiger partial charge is 0.574 e. The first-order chi connectivity index (χ1) is 8.04. The minimum atomic E-state index is -5.13. The van der Waals surface area contributed by atoms with Gasteiger partial charge in [0.25, 0.3) is 10.0 Å². The third-order valence-corrected chi connectivity index (χ3v) is 2.42. The number of hydrogen-bond acceptors (Lipinski definition) is 6. The van der Waals surface area contributed by atoms with Gasteiger partial charge in [0.2, 0.25) is 5.88 Å². The maximum absolute atomic E-state index is 12.0. The average Bonchev–Trinajstić information content (AvgIpc) is 2.17. The highest BCUT2D eigenvalue weighted by Crippen LogP contribution is 2.29. The molecule has 0 amide bonds. The highest BCUT2D eigenvalue weighted by molar-refractivity contribution is 7.89. The van der Waals surface area contributed by atoms with E-state index in [4.69, 9.17) is 11.0 Å². The number of rotatable bonds is 2. The molecule has 7 nitrogen and oxygen atoms in total. The third kappa shape index (κ3) is 3.22.